The van der Waals surface area contributed by atoms with E-state index in [1.54, 1.807) is 12.1 Å². The Hall–Kier alpha value is -2.42. The van der Waals surface area contributed by atoms with Crippen molar-refractivity contribution in [3.05, 3.63) is 75.3 Å². The van der Waals surface area contributed by atoms with Gasteiger partial charge in [0.15, 0.2) is 0 Å². The van der Waals surface area contributed by atoms with Crippen LogP contribution < -0.4 is 10.2 Å². The minimum Gasteiger partial charge on any atom is -0.327 e. The number of carbonyl (C=O) groups excluding carboxylic acids is 1. The summed E-state index contributed by atoms with van der Waals surface area (Å²) in [6.07, 6.45) is -0.471. The van der Waals surface area contributed by atoms with Gasteiger partial charge in [-0.05, 0) is 42.3 Å². The number of carbonyl (C=O) groups is 1. The second-order valence-electron chi connectivity index (χ2n) is 5.45. The molecule has 2 aromatic rings. The summed E-state index contributed by atoms with van der Waals surface area (Å²) in [7, 11) is 0. The lowest BCUT2D eigenvalue weighted by Gasteiger charge is -2.38. The van der Waals surface area contributed by atoms with Crippen LogP contribution in [0.25, 0.3) is 0 Å². The molecule has 0 spiro atoms. The largest absolute Gasteiger partial charge is 0.327 e. The molecule has 0 saturated carbocycles. The van der Waals surface area contributed by atoms with Crippen LogP contribution in [0.5, 0.6) is 0 Å². The van der Waals surface area contributed by atoms with Gasteiger partial charge in [0.05, 0.1) is 5.03 Å². The van der Waals surface area contributed by atoms with Gasteiger partial charge in [-0.3, -0.25) is 4.79 Å². The van der Waals surface area contributed by atoms with Crippen LogP contribution in [0, 0.1) is 18.3 Å². The molecular weight excluding hydrogens is 342 g/mol. The Morgan fingerprint density at radius 2 is 1.96 bits per heavy atom. The van der Waals surface area contributed by atoms with Crippen LogP contribution in [0.4, 0.5) is 5.69 Å². The molecule has 0 fully saturated rings. The van der Waals surface area contributed by atoms with E-state index < -0.39 is 12.1 Å². The zero-order valence-electron chi connectivity index (χ0n) is 12.8. The highest BCUT2D eigenvalue weighted by Gasteiger charge is 2.33. The third-order valence-corrected chi connectivity index (χ3v) is 4.47. The van der Waals surface area contributed by atoms with Gasteiger partial charge in [0.1, 0.15) is 17.8 Å². The molecule has 1 aliphatic rings. The third kappa shape index (κ3) is 2.99. The summed E-state index contributed by atoms with van der Waals surface area (Å²) in [5.41, 5.74) is 2.74. The minimum absolute atomic E-state index is 0.00921. The van der Waals surface area contributed by atoms with Gasteiger partial charge in [0, 0.05) is 10.7 Å². The number of nitriles is 1. The van der Waals surface area contributed by atoms with Crippen molar-refractivity contribution in [2.24, 2.45) is 0 Å². The Kier molecular flexibility index (Phi) is 4.52. The van der Waals surface area contributed by atoms with Crippen molar-refractivity contribution in [2.75, 3.05) is 4.90 Å². The number of aryl methyl sites for hydroxylation is 1. The fourth-order valence-corrected chi connectivity index (χ4v) is 3.14. The number of amides is 1. The topological polar surface area (TPSA) is 56.1 Å². The van der Waals surface area contributed by atoms with Crippen LogP contribution >= 0.6 is 24.2 Å². The summed E-state index contributed by atoms with van der Waals surface area (Å²) >= 11 is 10.4. The van der Waals surface area contributed by atoms with Gasteiger partial charge in [0.2, 0.25) is 0 Å². The Labute approximate surface area is 150 Å². The molecule has 1 amide bonds. The van der Waals surface area contributed by atoms with E-state index in [1.165, 1.54) is 0 Å². The molecule has 120 valence electrons. The quantitative estimate of drug-likeness (QED) is 0.802. The maximum absolute atomic E-state index is 12.2. The highest BCUT2D eigenvalue weighted by Crippen LogP contribution is 2.36. The lowest BCUT2D eigenvalue weighted by molar-refractivity contribution is -0.118. The molecule has 0 aliphatic carbocycles. The monoisotopic (exact) mass is 355 g/mol. The average molecular weight is 356 g/mol. The highest BCUT2D eigenvalue weighted by molar-refractivity contribution is 7.84. The predicted octanol–water partition coefficient (Wildman–Crippen LogP) is 3.95. The predicted molar refractivity (Wildman–Crippen MR) is 97.6 cm³/mol. The number of benzene rings is 2. The van der Waals surface area contributed by atoms with E-state index in [0.717, 1.165) is 16.8 Å². The molecule has 1 aliphatic heterocycles. The van der Waals surface area contributed by atoms with Crippen LogP contribution in [-0.2, 0) is 4.79 Å². The van der Waals surface area contributed by atoms with Gasteiger partial charge >= 0.3 is 0 Å². The van der Waals surface area contributed by atoms with Crippen molar-refractivity contribution in [2.45, 2.75) is 13.1 Å². The maximum Gasteiger partial charge on any atom is 0.266 e. The van der Waals surface area contributed by atoms with Crippen molar-refractivity contribution in [1.82, 2.24) is 5.32 Å². The first kappa shape index (κ1) is 16.4. The van der Waals surface area contributed by atoms with Crippen molar-refractivity contribution in [3.8, 4) is 6.07 Å². The average Bonchev–Trinajstić information content (AvgIpc) is 2.55. The molecule has 4 nitrogen and oxygen atoms in total. The molecule has 6 heteroatoms. The minimum atomic E-state index is -0.471. The number of nitrogens with one attached hydrogen (secondary N) is 1. The van der Waals surface area contributed by atoms with Gasteiger partial charge in [-0.1, -0.05) is 35.9 Å². The zero-order valence-corrected chi connectivity index (χ0v) is 14.5. The maximum atomic E-state index is 12.2. The van der Waals surface area contributed by atoms with E-state index in [-0.39, 0.29) is 5.57 Å². The molecule has 0 bridgehead atoms. The Balaban J connectivity index is 2.16. The molecule has 1 unspecified atom stereocenters. The van der Waals surface area contributed by atoms with Crippen molar-refractivity contribution in [1.29, 1.82) is 5.26 Å². The van der Waals surface area contributed by atoms with Crippen LogP contribution in [0.1, 0.15) is 17.3 Å². The van der Waals surface area contributed by atoms with E-state index in [1.807, 2.05) is 54.3 Å². The molecule has 0 saturated heterocycles. The summed E-state index contributed by atoms with van der Waals surface area (Å²) in [4.78, 5) is 14.1. The highest BCUT2D eigenvalue weighted by atomic mass is 35.5. The fraction of sp³-hybridized carbons (Fsp3) is 0.111. The Bertz CT molecular complexity index is 871. The first-order chi connectivity index (χ1) is 11.5. The van der Waals surface area contributed by atoms with Gasteiger partial charge in [0.25, 0.3) is 5.91 Å². The first-order valence-electron chi connectivity index (χ1n) is 7.27. The first-order valence-corrected chi connectivity index (χ1v) is 8.09. The normalized spacial score (nSPS) is 17.5. The molecule has 2 aromatic carbocycles. The van der Waals surface area contributed by atoms with E-state index in [0.29, 0.717) is 10.1 Å². The SMILES string of the molecule is Cc1cccc(N2C(S)=C(C#N)C(=O)NC2c2ccc(Cl)cc2)c1. The summed E-state index contributed by atoms with van der Waals surface area (Å²) < 4.78 is 0. The summed E-state index contributed by atoms with van der Waals surface area (Å²) in [5, 5.41) is 13.1. The van der Waals surface area contributed by atoms with Gasteiger partial charge in [-0.15, -0.1) is 12.6 Å². The van der Waals surface area contributed by atoms with E-state index in [4.69, 9.17) is 11.6 Å². The number of hydrogen-bond acceptors (Lipinski definition) is 4. The molecule has 1 N–H and O–H groups in total. The van der Waals surface area contributed by atoms with Crippen molar-refractivity contribution >= 4 is 35.8 Å². The summed E-state index contributed by atoms with van der Waals surface area (Å²) in [6.45, 7) is 1.98. The molecule has 0 radical (unpaired) electrons. The number of nitrogens with zero attached hydrogens (tertiary/aromatic N) is 2. The molecule has 0 aromatic heterocycles. The summed E-state index contributed by atoms with van der Waals surface area (Å²) in [5.74, 6) is -0.439. The third-order valence-electron chi connectivity index (χ3n) is 3.78. The lowest BCUT2D eigenvalue weighted by Crippen LogP contribution is -2.46. The van der Waals surface area contributed by atoms with Crippen LogP contribution in [0.15, 0.2) is 59.1 Å². The Morgan fingerprint density at radius 1 is 1.25 bits per heavy atom. The van der Waals surface area contributed by atoms with Crippen LogP contribution in [0.3, 0.4) is 0 Å². The standard InChI is InChI=1S/C18H14ClN3OS/c1-11-3-2-4-14(9-11)22-16(12-5-7-13(19)8-6-12)21-17(23)15(10-20)18(22)24/h2-9,16,24H,1H3,(H,21,23). The Morgan fingerprint density at radius 3 is 2.58 bits per heavy atom. The zero-order chi connectivity index (χ0) is 17.3. The van der Waals surface area contributed by atoms with E-state index in [9.17, 15) is 10.1 Å². The number of halogens is 1. The van der Waals surface area contributed by atoms with Gasteiger partial charge < -0.3 is 10.2 Å². The molecule has 1 heterocycles. The second-order valence-corrected chi connectivity index (χ2v) is 6.31. The molecule has 24 heavy (non-hydrogen) atoms. The molecule has 3 rings (SSSR count). The fourth-order valence-electron chi connectivity index (χ4n) is 2.63. The van der Waals surface area contributed by atoms with Gasteiger partial charge in [-0.25, -0.2) is 0 Å². The number of anilines is 1. The smallest absolute Gasteiger partial charge is 0.266 e. The van der Waals surface area contributed by atoms with Crippen LogP contribution in [0.2, 0.25) is 5.02 Å². The van der Waals surface area contributed by atoms with Crippen molar-refractivity contribution < 1.29 is 4.79 Å². The number of thiol groups is 1. The number of hydrogen-bond donors (Lipinski definition) is 2. The molecular formula is C18H14ClN3OS. The van der Waals surface area contributed by atoms with Gasteiger partial charge in [-0.2, -0.15) is 5.26 Å². The second kappa shape index (κ2) is 6.60. The lowest BCUT2D eigenvalue weighted by atomic mass is 10.1. The van der Waals surface area contributed by atoms with Crippen LogP contribution in [-0.4, -0.2) is 5.91 Å². The molecule has 1 atom stereocenters. The van der Waals surface area contributed by atoms with E-state index >= 15 is 0 Å². The summed E-state index contributed by atoms with van der Waals surface area (Å²) in [6, 6.07) is 16.9. The van der Waals surface area contributed by atoms with Crippen molar-refractivity contribution in [3.63, 3.8) is 0 Å². The van der Waals surface area contributed by atoms with E-state index in [2.05, 4.69) is 17.9 Å². The number of rotatable bonds is 2.